The molecule has 4 rings (SSSR count). The molecule has 0 N–H and O–H groups in total. The lowest BCUT2D eigenvalue weighted by Crippen LogP contribution is -2.66. The number of benzene rings is 2. The van der Waals surface area contributed by atoms with Crippen LogP contribution in [-0.2, 0) is 9.53 Å². The zero-order chi connectivity index (χ0) is 22.7. The van der Waals surface area contributed by atoms with Gasteiger partial charge >= 0.3 is 0 Å². The average Bonchev–Trinajstić information content (AvgIpc) is 2.83. The van der Waals surface area contributed by atoms with Gasteiger partial charge in [0.25, 0.3) is 5.91 Å². The maximum absolute atomic E-state index is 13.4. The number of hydrogen-bond acceptors (Lipinski definition) is 6. The minimum Gasteiger partial charge on any atom is -0.493 e. The Labute approximate surface area is 189 Å². The fourth-order valence-electron chi connectivity index (χ4n) is 4.62. The molecule has 1 amide bonds. The van der Waals surface area contributed by atoms with Crippen LogP contribution in [0.15, 0.2) is 48.5 Å². The number of hydrogen-bond donors (Lipinski definition) is 0. The van der Waals surface area contributed by atoms with Crippen molar-refractivity contribution >= 4 is 5.91 Å². The van der Waals surface area contributed by atoms with Crippen molar-refractivity contribution < 1.29 is 23.7 Å². The number of methoxy groups -OCH3 is 2. The van der Waals surface area contributed by atoms with Gasteiger partial charge in [0, 0.05) is 30.7 Å². The number of amides is 1. The molecule has 0 aliphatic carbocycles. The molecule has 7 nitrogen and oxygen atoms in total. The molecule has 0 unspecified atom stereocenters. The van der Waals surface area contributed by atoms with E-state index in [2.05, 4.69) is 18.7 Å². The van der Waals surface area contributed by atoms with Gasteiger partial charge in [0.05, 0.1) is 27.4 Å². The molecule has 2 aromatic rings. The summed E-state index contributed by atoms with van der Waals surface area (Å²) in [7, 11) is 3.24. The van der Waals surface area contributed by atoms with E-state index in [4.69, 9.17) is 18.9 Å². The van der Waals surface area contributed by atoms with Gasteiger partial charge < -0.3 is 23.8 Å². The summed E-state index contributed by atoms with van der Waals surface area (Å²) in [6, 6.07) is 14.9. The van der Waals surface area contributed by atoms with Crippen LogP contribution in [0.2, 0.25) is 0 Å². The first-order chi connectivity index (χ1) is 15.5. The highest BCUT2D eigenvalue weighted by molar-refractivity contribution is 5.90. The number of rotatable bonds is 8. The number of β-lactam (4-membered cyclic amide) rings is 1. The fraction of sp³-hybridized carbons (Fsp3) is 0.480. The SMILES string of the molecule is COc1cccc([C@@H]2[C@H](Oc3ccccc3)C(=O)N2CC(C)(C)N2CCOCC2)c1OC. The molecule has 0 bridgehead atoms. The smallest absolute Gasteiger partial charge is 0.266 e. The zero-order valence-electron chi connectivity index (χ0n) is 19.2. The van der Waals surface area contributed by atoms with Gasteiger partial charge in [-0.05, 0) is 32.0 Å². The van der Waals surface area contributed by atoms with Gasteiger partial charge in [0.2, 0.25) is 6.10 Å². The number of carbonyl (C=O) groups excluding carboxylic acids is 1. The van der Waals surface area contributed by atoms with Crippen molar-refractivity contribution in [2.45, 2.75) is 31.5 Å². The zero-order valence-corrected chi connectivity index (χ0v) is 19.2. The lowest BCUT2D eigenvalue weighted by molar-refractivity contribution is -0.168. The third-order valence-electron chi connectivity index (χ3n) is 6.33. The van der Waals surface area contributed by atoms with Crippen molar-refractivity contribution in [1.82, 2.24) is 9.80 Å². The Morgan fingerprint density at radius 2 is 1.72 bits per heavy atom. The second-order valence-corrected chi connectivity index (χ2v) is 8.76. The predicted octanol–water partition coefficient (Wildman–Crippen LogP) is 3.15. The molecular formula is C25H32N2O5. The highest BCUT2D eigenvalue weighted by Crippen LogP contribution is 2.45. The molecule has 172 valence electrons. The summed E-state index contributed by atoms with van der Waals surface area (Å²) in [5.41, 5.74) is 0.673. The number of morpholine rings is 1. The summed E-state index contributed by atoms with van der Waals surface area (Å²) in [6.45, 7) is 8.06. The van der Waals surface area contributed by atoms with Crippen LogP contribution in [0.3, 0.4) is 0 Å². The van der Waals surface area contributed by atoms with Crippen molar-refractivity contribution in [3.63, 3.8) is 0 Å². The Kier molecular flexibility index (Phi) is 6.58. The van der Waals surface area contributed by atoms with E-state index < -0.39 is 6.10 Å². The number of carbonyl (C=O) groups is 1. The van der Waals surface area contributed by atoms with Crippen LogP contribution >= 0.6 is 0 Å². The van der Waals surface area contributed by atoms with Gasteiger partial charge in [-0.2, -0.15) is 0 Å². The van der Waals surface area contributed by atoms with E-state index in [0.717, 1.165) is 18.7 Å². The second-order valence-electron chi connectivity index (χ2n) is 8.76. The van der Waals surface area contributed by atoms with Crippen LogP contribution in [0.5, 0.6) is 17.2 Å². The third-order valence-corrected chi connectivity index (χ3v) is 6.33. The molecule has 2 saturated heterocycles. The summed E-state index contributed by atoms with van der Waals surface area (Å²) in [6.07, 6.45) is -0.626. The molecule has 2 aliphatic rings. The normalized spacial score (nSPS) is 21.8. The maximum atomic E-state index is 13.4. The van der Waals surface area contributed by atoms with Crippen molar-refractivity contribution in [3.8, 4) is 17.2 Å². The molecule has 0 radical (unpaired) electrons. The molecule has 2 aliphatic heterocycles. The van der Waals surface area contributed by atoms with Gasteiger partial charge in [-0.15, -0.1) is 0 Å². The lowest BCUT2D eigenvalue weighted by atomic mass is 9.87. The summed E-state index contributed by atoms with van der Waals surface area (Å²) < 4.78 is 22.9. The number of nitrogens with zero attached hydrogens (tertiary/aromatic N) is 2. The maximum Gasteiger partial charge on any atom is 0.266 e. The van der Waals surface area contributed by atoms with E-state index in [1.165, 1.54) is 0 Å². The van der Waals surface area contributed by atoms with Gasteiger partial charge in [-0.25, -0.2) is 0 Å². The third kappa shape index (κ3) is 4.27. The largest absolute Gasteiger partial charge is 0.493 e. The topological polar surface area (TPSA) is 60.5 Å². The monoisotopic (exact) mass is 440 g/mol. The van der Waals surface area contributed by atoms with E-state index in [1.54, 1.807) is 14.2 Å². The van der Waals surface area contributed by atoms with Crippen molar-refractivity contribution in [1.29, 1.82) is 0 Å². The van der Waals surface area contributed by atoms with Gasteiger partial charge in [-0.1, -0.05) is 30.3 Å². The highest BCUT2D eigenvalue weighted by Gasteiger charge is 2.53. The van der Waals surface area contributed by atoms with E-state index in [9.17, 15) is 4.79 Å². The summed E-state index contributed by atoms with van der Waals surface area (Å²) in [4.78, 5) is 17.6. The van der Waals surface area contributed by atoms with E-state index in [1.807, 2.05) is 53.4 Å². The molecular weight excluding hydrogens is 408 g/mol. The molecule has 0 saturated carbocycles. The first-order valence-corrected chi connectivity index (χ1v) is 11.0. The molecule has 2 atom stereocenters. The van der Waals surface area contributed by atoms with Crippen molar-refractivity contribution in [2.75, 3.05) is 47.1 Å². The van der Waals surface area contributed by atoms with Crippen molar-refractivity contribution in [2.24, 2.45) is 0 Å². The summed E-state index contributed by atoms with van der Waals surface area (Å²) >= 11 is 0. The Bertz CT molecular complexity index is 927. The average molecular weight is 441 g/mol. The van der Waals surface area contributed by atoms with Crippen LogP contribution in [0.1, 0.15) is 25.5 Å². The lowest BCUT2D eigenvalue weighted by Gasteiger charge is -2.52. The second kappa shape index (κ2) is 9.38. The van der Waals surface area contributed by atoms with Gasteiger partial charge in [0.1, 0.15) is 11.8 Å². The molecule has 0 aromatic heterocycles. The standard InChI is InChI=1S/C25H32N2O5/c1-25(2,26-13-15-31-16-14-26)17-27-21(19-11-8-12-20(29-3)22(19)30-4)23(24(27)28)32-18-9-6-5-7-10-18/h5-12,21,23H,13-17H2,1-4H3/t21-,23+/m1/s1. The van der Waals surface area contributed by atoms with E-state index >= 15 is 0 Å². The number of para-hydroxylation sites is 2. The minimum atomic E-state index is -0.626. The van der Waals surface area contributed by atoms with Crippen LogP contribution < -0.4 is 14.2 Å². The Balaban J connectivity index is 1.66. The van der Waals surface area contributed by atoms with Crippen LogP contribution in [0.25, 0.3) is 0 Å². The van der Waals surface area contributed by atoms with Crippen LogP contribution in [0, 0.1) is 0 Å². The molecule has 2 heterocycles. The van der Waals surface area contributed by atoms with Gasteiger partial charge in [-0.3, -0.25) is 9.69 Å². The number of ether oxygens (including phenoxy) is 4. The first-order valence-electron chi connectivity index (χ1n) is 11.0. The van der Waals surface area contributed by atoms with E-state index in [-0.39, 0.29) is 17.5 Å². The number of likely N-dealkylation sites (tertiary alicyclic amines) is 1. The quantitative estimate of drug-likeness (QED) is 0.588. The first kappa shape index (κ1) is 22.4. The van der Waals surface area contributed by atoms with Crippen LogP contribution in [-0.4, -0.2) is 74.4 Å². The Morgan fingerprint density at radius 1 is 1.00 bits per heavy atom. The molecule has 2 aromatic carbocycles. The highest BCUT2D eigenvalue weighted by atomic mass is 16.5. The Hall–Kier alpha value is -2.77. The fourth-order valence-corrected chi connectivity index (χ4v) is 4.62. The minimum absolute atomic E-state index is 0.0231. The summed E-state index contributed by atoms with van der Waals surface area (Å²) in [5, 5.41) is 0. The molecule has 0 spiro atoms. The van der Waals surface area contributed by atoms with Crippen LogP contribution in [0.4, 0.5) is 0 Å². The van der Waals surface area contributed by atoms with Crippen molar-refractivity contribution in [3.05, 3.63) is 54.1 Å². The molecule has 2 fully saturated rings. The summed E-state index contributed by atoms with van der Waals surface area (Å²) in [5.74, 6) is 1.91. The predicted molar refractivity (Wildman–Crippen MR) is 121 cm³/mol. The van der Waals surface area contributed by atoms with E-state index in [0.29, 0.717) is 37.0 Å². The van der Waals surface area contributed by atoms with Gasteiger partial charge in [0.15, 0.2) is 11.5 Å². The molecule has 7 heteroatoms. The Morgan fingerprint density at radius 3 is 2.38 bits per heavy atom. The molecule has 32 heavy (non-hydrogen) atoms.